The number of aromatic nitrogens is 1. The Balaban J connectivity index is 2.53. The summed E-state index contributed by atoms with van der Waals surface area (Å²) in [6, 6.07) is 8.41. The van der Waals surface area contributed by atoms with Gasteiger partial charge in [-0.15, -0.1) is 0 Å². The van der Waals surface area contributed by atoms with Crippen LogP contribution in [0.1, 0.15) is 31.1 Å². The lowest BCUT2D eigenvalue weighted by atomic mass is 10.1. The second-order valence-corrected chi connectivity index (χ2v) is 4.71. The molecular formula is C14H17NO2. The predicted molar refractivity (Wildman–Crippen MR) is 68.4 cm³/mol. The average Bonchev–Trinajstić information content (AvgIpc) is 2.51. The molecule has 0 aliphatic heterocycles. The number of benzene rings is 1. The van der Waals surface area contributed by atoms with Crippen LogP contribution in [0.5, 0.6) is 0 Å². The van der Waals surface area contributed by atoms with Gasteiger partial charge in [0.05, 0.1) is 6.42 Å². The number of aryl methyl sites for hydroxylation is 1. The second-order valence-electron chi connectivity index (χ2n) is 4.71. The van der Waals surface area contributed by atoms with Gasteiger partial charge in [-0.25, -0.2) is 0 Å². The third-order valence-electron chi connectivity index (χ3n) is 2.97. The third kappa shape index (κ3) is 2.18. The first-order chi connectivity index (χ1) is 7.99. The van der Waals surface area contributed by atoms with Crippen LogP contribution in [-0.2, 0) is 11.2 Å². The van der Waals surface area contributed by atoms with Crippen molar-refractivity contribution in [3.8, 4) is 0 Å². The molecule has 0 atom stereocenters. The van der Waals surface area contributed by atoms with Gasteiger partial charge in [0.25, 0.3) is 0 Å². The van der Waals surface area contributed by atoms with Gasteiger partial charge in [0.15, 0.2) is 0 Å². The smallest absolute Gasteiger partial charge is 0.307 e. The van der Waals surface area contributed by atoms with E-state index in [2.05, 4.69) is 31.4 Å². The molecule has 0 saturated carbocycles. The Hall–Kier alpha value is -1.77. The average molecular weight is 231 g/mol. The summed E-state index contributed by atoms with van der Waals surface area (Å²) in [7, 11) is 0. The SMILES string of the molecule is Cc1cc2cc(CC(=O)O)ccc2n1C(C)C. The topological polar surface area (TPSA) is 42.2 Å². The van der Waals surface area contributed by atoms with E-state index in [-0.39, 0.29) is 6.42 Å². The van der Waals surface area contributed by atoms with Crippen molar-refractivity contribution in [1.82, 2.24) is 4.57 Å². The number of carbonyl (C=O) groups is 1. The predicted octanol–water partition coefficient (Wildman–Crippen LogP) is 3.16. The van der Waals surface area contributed by atoms with Gasteiger partial charge in [-0.2, -0.15) is 0 Å². The number of fused-ring (bicyclic) bond motifs is 1. The zero-order valence-corrected chi connectivity index (χ0v) is 10.4. The fourth-order valence-electron chi connectivity index (χ4n) is 2.39. The van der Waals surface area contributed by atoms with E-state index < -0.39 is 5.97 Å². The summed E-state index contributed by atoms with van der Waals surface area (Å²) in [6.07, 6.45) is 0.0852. The van der Waals surface area contributed by atoms with E-state index in [1.165, 1.54) is 11.2 Å². The Morgan fingerprint density at radius 1 is 1.35 bits per heavy atom. The molecule has 0 unspecified atom stereocenters. The molecule has 17 heavy (non-hydrogen) atoms. The van der Waals surface area contributed by atoms with Gasteiger partial charge < -0.3 is 9.67 Å². The highest BCUT2D eigenvalue weighted by molar-refractivity contribution is 5.83. The normalized spacial score (nSPS) is 11.3. The number of hydrogen-bond donors (Lipinski definition) is 1. The number of rotatable bonds is 3. The van der Waals surface area contributed by atoms with Crippen molar-refractivity contribution in [2.45, 2.75) is 33.2 Å². The molecule has 3 nitrogen and oxygen atoms in total. The number of carboxylic acids is 1. The van der Waals surface area contributed by atoms with Crippen LogP contribution in [0.3, 0.4) is 0 Å². The van der Waals surface area contributed by atoms with Gasteiger partial charge >= 0.3 is 5.97 Å². The van der Waals surface area contributed by atoms with Crippen molar-refractivity contribution in [2.24, 2.45) is 0 Å². The summed E-state index contributed by atoms with van der Waals surface area (Å²) < 4.78 is 2.26. The van der Waals surface area contributed by atoms with E-state index >= 15 is 0 Å². The Morgan fingerprint density at radius 2 is 2.06 bits per heavy atom. The zero-order chi connectivity index (χ0) is 12.6. The van der Waals surface area contributed by atoms with Crippen molar-refractivity contribution in [3.63, 3.8) is 0 Å². The molecule has 0 radical (unpaired) electrons. The van der Waals surface area contributed by atoms with Gasteiger partial charge in [-0.1, -0.05) is 6.07 Å². The van der Waals surface area contributed by atoms with Gasteiger partial charge in [-0.3, -0.25) is 4.79 Å². The Morgan fingerprint density at radius 3 is 2.65 bits per heavy atom. The fraction of sp³-hybridized carbons (Fsp3) is 0.357. The lowest BCUT2D eigenvalue weighted by Crippen LogP contribution is -2.02. The highest BCUT2D eigenvalue weighted by Crippen LogP contribution is 2.24. The maximum absolute atomic E-state index is 10.7. The van der Waals surface area contributed by atoms with Crippen molar-refractivity contribution >= 4 is 16.9 Å². The van der Waals surface area contributed by atoms with Crippen LogP contribution in [0.4, 0.5) is 0 Å². The molecular weight excluding hydrogens is 214 g/mol. The molecule has 0 fully saturated rings. The van der Waals surface area contributed by atoms with Gasteiger partial charge in [0, 0.05) is 22.6 Å². The molecule has 0 aliphatic rings. The van der Waals surface area contributed by atoms with E-state index in [9.17, 15) is 4.79 Å². The Labute approximate surface area is 101 Å². The largest absolute Gasteiger partial charge is 0.481 e. The standard InChI is InChI=1S/C14H17NO2/c1-9(2)15-10(3)6-12-7-11(8-14(16)17)4-5-13(12)15/h4-7,9H,8H2,1-3H3,(H,16,17). The minimum absolute atomic E-state index is 0.0852. The minimum atomic E-state index is -0.788. The van der Waals surface area contributed by atoms with E-state index in [1.54, 1.807) is 0 Å². The number of aliphatic carboxylic acids is 1. The maximum atomic E-state index is 10.7. The summed E-state index contributed by atoms with van der Waals surface area (Å²) >= 11 is 0. The summed E-state index contributed by atoms with van der Waals surface area (Å²) in [5.74, 6) is -0.788. The van der Waals surface area contributed by atoms with E-state index in [0.29, 0.717) is 6.04 Å². The minimum Gasteiger partial charge on any atom is -0.481 e. The first kappa shape index (κ1) is 11.7. The quantitative estimate of drug-likeness (QED) is 0.881. The van der Waals surface area contributed by atoms with Crippen molar-refractivity contribution in [2.75, 3.05) is 0 Å². The van der Waals surface area contributed by atoms with Crippen LogP contribution >= 0.6 is 0 Å². The van der Waals surface area contributed by atoms with E-state index in [0.717, 1.165) is 10.9 Å². The van der Waals surface area contributed by atoms with Gasteiger partial charge in [0.2, 0.25) is 0 Å². The summed E-state index contributed by atoms with van der Waals surface area (Å²) in [4.78, 5) is 10.7. The second kappa shape index (κ2) is 4.24. The lowest BCUT2D eigenvalue weighted by molar-refractivity contribution is -0.136. The van der Waals surface area contributed by atoms with Crippen LogP contribution < -0.4 is 0 Å². The van der Waals surface area contributed by atoms with Gasteiger partial charge in [0.1, 0.15) is 0 Å². The highest BCUT2D eigenvalue weighted by Gasteiger charge is 2.09. The Bertz CT molecular complexity index is 567. The summed E-state index contributed by atoms with van der Waals surface area (Å²) in [5.41, 5.74) is 3.24. The highest BCUT2D eigenvalue weighted by atomic mass is 16.4. The summed E-state index contributed by atoms with van der Waals surface area (Å²) in [6.45, 7) is 6.38. The lowest BCUT2D eigenvalue weighted by Gasteiger charge is -2.12. The molecule has 0 amide bonds. The van der Waals surface area contributed by atoms with Crippen LogP contribution in [0, 0.1) is 6.92 Å². The first-order valence-electron chi connectivity index (χ1n) is 5.81. The van der Waals surface area contributed by atoms with Crippen LogP contribution in [-0.4, -0.2) is 15.6 Å². The maximum Gasteiger partial charge on any atom is 0.307 e. The fourth-order valence-corrected chi connectivity index (χ4v) is 2.39. The summed E-state index contributed by atoms with van der Waals surface area (Å²) in [5, 5.41) is 9.90. The monoisotopic (exact) mass is 231 g/mol. The van der Waals surface area contributed by atoms with Crippen LogP contribution in [0.2, 0.25) is 0 Å². The van der Waals surface area contributed by atoms with Crippen molar-refractivity contribution < 1.29 is 9.90 Å². The number of hydrogen-bond acceptors (Lipinski definition) is 1. The van der Waals surface area contributed by atoms with Crippen molar-refractivity contribution in [1.29, 1.82) is 0 Å². The Kier molecular flexibility index (Phi) is 2.92. The molecule has 1 N–H and O–H groups in total. The molecule has 0 saturated heterocycles. The van der Waals surface area contributed by atoms with Gasteiger partial charge in [-0.05, 0) is 44.5 Å². The molecule has 0 bridgehead atoms. The first-order valence-corrected chi connectivity index (χ1v) is 5.81. The van der Waals surface area contributed by atoms with Crippen LogP contribution in [0.15, 0.2) is 24.3 Å². The molecule has 1 aromatic carbocycles. The van der Waals surface area contributed by atoms with Crippen LogP contribution in [0.25, 0.3) is 10.9 Å². The molecule has 0 spiro atoms. The van der Waals surface area contributed by atoms with E-state index in [1.807, 2.05) is 18.2 Å². The molecule has 90 valence electrons. The zero-order valence-electron chi connectivity index (χ0n) is 10.4. The molecule has 3 heteroatoms. The molecule has 1 aromatic heterocycles. The third-order valence-corrected chi connectivity index (χ3v) is 2.97. The number of carboxylic acid groups (broad SMARTS) is 1. The molecule has 0 aliphatic carbocycles. The van der Waals surface area contributed by atoms with E-state index in [4.69, 9.17) is 5.11 Å². The molecule has 1 heterocycles. The number of nitrogens with zero attached hydrogens (tertiary/aromatic N) is 1. The molecule has 2 aromatic rings. The van der Waals surface area contributed by atoms with Crippen molar-refractivity contribution in [3.05, 3.63) is 35.5 Å². The molecule has 2 rings (SSSR count).